The number of rotatable bonds is 3. The van der Waals surface area contributed by atoms with E-state index >= 15 is 0 Å². The lowest BCUT2D eigenvalue weighted by Crippen LogP contribution is -2.44. The van der Waals surface area contributed by atoms with E-state index in [1.165, 1.54) is 31.4 Å². The Balaban J connectivity index is 1.57. The van der Waals surface area contributed by atoms with Gasteiger partial charge in [0.2, 0.25) is 0 Å². The van der Waals surface area contributed by atoms with Crippen molar-refractivity contribution in [2.75, 3.05) is 19.6 Å². The molecular weight excluding hydrogens is 258 g/mol. The molecule has 1 saturated carbocycles. The zero-order valence-corrected chi connectivity index (χ0v) is 13.5. The van der Waals surface area contributed by atoms with Crippen LogP contribution in [0.2, 0.25) is 0 Å². The molecule has 0 radical (unpaired) electrons. The first-order valence-electron chi connectivity index (χ1n) is 8.51. The molecule has 1 aliphatic carbocycles. The molecule has 1 N–H and O–H groups in total. The van der Waals surface area contributed by atoms with Crippen LogP contribution >= 0.6 is 0 Å². The summed E-state index contributed by atoms with van der Waals surface area (Å²) in [6.07, 6.45) is 4.75. The molecule has 2 aliphatic rings. The van der Waals surface area contributed by atoms with Gasteiger partial charge in [-0.3, -0.25) is 0 Å². The zero-order chi connectivity index (χ0) is 14.9. The van der Waals surface area contributed by atoms with Gasteiger partial charge in [-0.1, -0.05) is 50.6 Å². The molecule has 0 bridgehead atoms. The van der Waals surface area contributed by atoms with Crippen LogP contribution in [0.25, 0.3) is 0 Å². The maximum Gasteiger partial charge on any atom is 0.0631 e. The maximum absolute atomic E-state index is 10.6. The highest BCUT2D eigenvalue weighted by molar-refractivity contribution is 5.21. The van der Waals surface area contributed by atoms with Gasteiger partial charge in [-0.05, 0) is 48.6 Å². The SMILES string of the molecule is CC1(C)CCCC(CN2CCC(c3ccccc3)C2)C1O. The highest BCUT2D eigenvalue weighted by Crippen LogP contribution is 2.40. The first-order chi connectivity index (χ1) is 10.1. The standard InChI is InChI=1S/C19H29NO/c1-19(2)11-6-9-17(18(19)21)14-20-12-10-16(13-20)15-7-4-3-5-8-15/h3-5,7-8,16-18,21H,6,9-14H2,1-2H3. The van der Waals surface area contributed by atoms with Crippen LogP contribution in [0.3, 0.4) is 0 Å². The molecule has 0 amide bonds. The molecule has 0 spiro atoms. The van der Waals surface area contributed by atoms with E-state index in [4.69, 9.17) is 0 Å². The average Bonchev–Trinajstić information content (AvgIpc) is 2.93. The third kappa shape index (κ3) is 3.32. The summed E-state index contributed by atoms with van der Waals surface area (Å²) in [5.74, 6) is 1.14. The van der Waals surface area contributed by atoms with E-state index in [1.54, 1.807) is 0 Å². The van der Waals surface area contributed by atoms with Gasteiger partial charge in [0.25, 0.3) is 0 Å². The van der Waals surface area contributed by atoms with Gasteiger partial charge < -0.3 is 10.0 Å². The van der Waals surface area contributed by atoms with Crippen molar-refractivity contribution in [1.29, 1.82) is 0 Å². The van der Waals surface area contributed by atoms with Crippen LogP contribution in [0.5, 0.6) is 0 Å². The van der Waals surface area contributed by atoms with Crippen molar-refractivity contribution in [3.05, 3.63) is 35.9 Å². The maximum atomic E-state index is 10.6. The Morgan fingerprint density at radius 2 is 1.95 bits per heavy atom. The highest BCUT2D eigenvalue weighted by Gasteiger charge is 2.39. The van der Waals surface area contributed by atoms with Gasteiger partial charge in [0.1, 0.15) is 0 Å². The summed E-state index contributed by atoms with van der Waals surface area (Å²) in [6.45, 7) is 7.87. The summed E-state index contributed by atoms with van der Waals surface area (Å²) in [6, 6.07) is 10.9. The topological polar surface area (TPSA) is 23.5 Å². The number of likely N-dealkylation sites (tertiary alicyclic amines) is 1. The minimum absolute atomic E-state index is 0.0987. The van der Waals surface area contributed by atoms with Gasteiger partial charge in [-0.15, -0.1) is 0 Å². The molecule has 1 aromatic rings. The van der Waals surface area contributed by atoms with Crippen LogP contribution in [0.4, 0.5) is 0 Å². The molecule has 21 heavy (non-hydrogen) atoms. The van der Waals surface area contributed by atoms with Crippen molar-refractivity contribution < 1.29 is 5.11 Å². The molecule has 2 fully saturated rings. The van der Waals surface area contributed by atoms with Crippen LogP contribution in [-0.2, 0) is 0 Å². The normalized spacial score (nSPS) is 33.2. The second-order valence-electron chi connectivity index (χ2n) is 7.74. The number of benzene rings is 1. The highest BCUT2D eigenvalue weighted by atomic mass is 16.3. The van der Waals surface area contributed by atoms with E-state index < -0.39 is 0 Å². The summed E-state index contributed by atoms with van der Waals surface area (Å²) < 4.78 is 0. The Bertz CT molecular complexity index is 456. The predicted octanol–water partition coefficient (Wildman–Crippen LogP) is 3.66. The predicted molar refractivity (Wildman–Crippen MR) is 87.4 cm³/mol. The van der Waals surface area contributed by atoms with Gasteiger partial charge in [0.15, 0.2) is 0 Å². The van der Waals surface area contributed by atoms with E-state index in [-0.39, 0.29) is 11.5 Å². The summed E-state index contributed by atoms with van der Waals surface area (Å²) in [4.78, 5) is 2.58. The number of hydrogen-bond donors (Lipinski definition) is 1. The first-order valence-corrected chi connectivity index (χ1v) is 8.51. The summed E-state index contributed by atoms with van der Waals surface area (Å²) in [7, 11) is 0. The van der Waals surface area contributed by atoms with Crippen molar-refractivity contribution in [2.45, 2.75) is 51.6 Å². The third-order valence-corrected chi connectivity index (χ3v) is 5.68. The Labute approximate surface area is 129 Å². The molecule has 1 aromatic carbocycles. The summed E-state index contributed by atoms with van der Waals surface area (Å²) >= 11 is 0. The number of aliphatic hydroxyl groups is 1. The van der Waals surface area contributed by atoms with Crippen molar-refractivity contribution >= 4 is 0 Å². The van der Waals surface area contributed by atoms with Gasteiger partial charge in [0, 0.05) is 13.1 Å². The van der Waals surface area contributed by atoms with Gasteiger partial charge in [0.05, 0.1) is 6.10 Å². The Morgan fingerprint density at radius 3 is 2.71 bits per heavy atom. The Kier molecular flexibility index (Phi) is 4.37. The fourth-order valence-corrected chi connectivity index (χ4v) is 4.28. The summed E-state index contributed by atoms with van der Waals surface area (Å²) in [5.41, 5.74) is 1.58. The van der Waals surface area contributed by atoms with Crippen LogP contribution in [0.1, 0.15) is 51.0 Å². The minimum atomic E-state index is -0.137. The lowest BCUT2D eigenvalue weighted by molar-refractivity contribution is -0.0411. The molecule has 0 aromatic heterocycles. The van der Waals surface area contributed by atoms with Gasteiger partial charge in [-0.2, -0.15) is 0 Å². The number of nitrogens with zero attached hydrogens (tertiary/aromatic N) is 1. The molecule has 1 heterocycles. The number of hydrogen-bond acceptors (Lipinski definition) is 2. The lowest BCUT2D eigenvalue weighted by atomic mass is 9.69. The lowest BCUT2D eigenvalue weighted by Gasteiger charge is -2.42. The minimum Gasteiger partial charge on any atom is -0.392 e. The quantitative estimate of drug-likeness (QED) is 0.917. The number of aliphatic hydroxyl groups excluding tert-OH is 1. The fourth-order valence-electron chi connectivity index (χ4n) is 4.28. The Hall–Kier alpha value is -0.860. The van der Waals surface area contributed by atoms with Crippen LogP contribution in [0, 0.1) is 11.3 Å². The van der Waals surface area contributed by atoms with Crippen LogP contribution in [0.15, 0.2) is 30.3 Å². The smallest absolute Gasteiger partial charge is 0.0631 e. The van der Waals surface area contributed by atoms with E-state index in [0.717, 1.165) is 19.5 Å². The zero-order valence-electron chi connectivity index (χ0n) is 13.5. The molecule has 1 saturated heterocycles. The van der Waals surface area contributed by atoms with Crippen LogP contribution < -0.4 is 0 Å². The van der Waals surface area contributed by atoms with Crippen LogP contribution in [-0.4, -0.2) is 35.7 Å². The molecule has 3 atom stereocenters. The van der Waals surface area contributed by atoms with E-state index in [9.17, 15) is 5.11 Å². The van der Waals surface area contributed by atoms with Crippen molar-refractivity contribution in [1.82, 2.24) is 4.90 Å². The molecule has 1 aliphatic heterocycles. The van der Waals surface area contributed by atoms with E-state index in [0.29, 0.717) is 11.8 Å². The third-order valence-electron chi connectivity index (χ3n) is 5.68. The second kappa shape index (κ2) is 6.10. The molecule has 3 unspecified atom stereocenters. The average molecular weight is 287 g/mol. The molecule has 2 nitrogen and oxygen atoms in total. The first kappa shape index (κ1) is 15.1. The van der Waals surface area contributed by atoms with Crippen molar-refractivity contribution in [3.63, 3.8) is 0 Å². The van der Waals surface area contributed by atoms with Gasteiger partial charge >= 0.3 is 0 Å². The molecule has 116 valence electrons. The largest absolute Gasteiger partial charge is 0.392 e. The molecule has 2 heteroatoms. The molecular formula is C19H29NO. The van der Waals surface area contributed by atoms with Gasteiger partial charge in [-0.25, -0.2) is 0 Å². The van der Waals surface area contributed by atoms with Crippen molar-refractivity contribution in [2.24, 2.45) is 11.3 Å². The second-order valence-corrected chi connectivity index (χ2v) is 7.74. The monoisotopic (exact) mass is 287 g/mol. The summed E-state index contributed by atoms with van der Waals surface area (Å²) in [5, 5.41) is 10.6. The Morgan fingerprint density at radius 1 is 1.19 bits per heavy atom. The van der Waals surface area contributed by atoms with Crippen molar-refractivity contribution in [3.8, 4) is 0 Å². The van der Waals surface area contributed by atoms with E-state index in [1.807, 2.05) is 0 Å². The fraction of sp³-hybridized carbons (Fsp3) is 0.684. The van der Waals surface area contributed by atoms with E-state index in [2.05, 4.69) is 49.1 Å². The molecule has 3 rings (SSSR count).